The first-order chi connectivity index (χ1) is 5.38. The average Bonchev–Trinajstić information content (AvgIpc) is 2.06. The van der Waals surface area contributed by atoms with Gasteiger partial charge in [0.1, 0.15) is 0 Å². The van der Waals surface area contributed by atoms with Crippen LogP contribution >= 0.6 is 0 Å². The van der Waals surface area contributed by atoms with Crippen LogP contribution in [0.25, 0.3) is 10.8 Å². The fraction of sp³-hybridized carbons (Fsp3) is 0. The summed E-state index contributed by atoms with van der Waals surface area (Å²) in [6.07, 6.45) is 1.85. The van der Waals surface area contributed by atoms with Gasteiger partial charge >= 0.3 is 77.8 Å². The zero-order valence-electron chi connectivity index (χ0n) is 6.50. The molecular weight excluding hydrogens is 226 g/mol. The summed E-state index contributed by atoms with van der Waals surface area (Å²) in [6, 6.07) is 10.3. The number of pyridine rings is 1. The van der Waals surface area contributed by atoms with Crippen LogP contribution < -0.4 is 20.8 Å². The molecular formula is C9H6BrMgN. The van der Waals surface area contributed by atoms with E-state index in [4.69, 9.17) is 0 Å². The van der Waals surface area contributed by atoms with Crippen molar-refractivity contribution in [3.63, 3.8) is 0 Å². The second kappa shape index (κ2) is 4.21. The molecule has 2 aromatic rings. The van der Waals surface area contributed by atoms with Crippen LogP contribution in [0.3, 0.4) is 0 Å². The topological polar surface area (TPSA) is 12.9 Å². The molecule has 3 heteroatoms. The van der Waals surface area contributed by atoms with E-state index >= 15 is 0 Å². The molecule has 56 valence electrons. The molecule has 1 aromatic carbocycles. The van der Waals surface area contributed by atoms with Gasteiger partial charge in [-0.15, -0.1) is 0 Å². The van der Waals surface area contributed by atoms with E-state index in [-0.39, 0.29) is 17.0 Å². The molecule has 0 amide bonds. The van der Waals surface area contributed by atoms with Gasteiger partial charge in [0.2, 0.25) is 0 Å². The summed E-state index contributed by atoms with van der Waals surface area (Å²) < 4.78 is 1.13. The van der Waals surface area contributed by atoms with Crippen molar-refractivity contribution < 1.29 is 17.0 Å². The van der Waals surface area contributed by atoms with Crippen molar-refractivity contribution in [3.8, 4) is 0 Å². The summed E-state index contributed by atoms with van der Waals surface area (Å²) in [5.74, 6) is 0. The number of fused-ring (bicyclic) bond motifs is 1. The molecule has 0 saturated carbocycles. The minimum atomic E-state index is 0. The molecule has 0 N–H and O–H groups in total. The summed E-state index contributed by atoms with van der Waals surface area (Å²) in [7, 11) is 0. The van der Waals surface area contributed by atoms with Gasteiger partial charge < -0.3 is 17.0 Å². The third kappa shape index (κ3) is 1.79. The van der Waals surface area contributed by atoms with E-state index < -0.39 is 0 Å². The number of benzene rings is 1. The van der Waals surface area contributed by atoms with Crippen LogP contribution in [0.15, 0.2) is 36.5 Å². The molecule has 0 bridgehead atoms. The van der Waals surface area contributed by atoms with E-state index in [2.05, 4.69) is 17.1 Å². The first-order valence-electron chi connectivity index (χ1n) is 3.53. The summed E-state index contributed by atoms with van der Waals surface area (Å²) in [5, 5.41) is 2.53. The Labute approximate surface area is 94.4 Å². The molecule has 0 aliphatic heterocycles. The Balaban J connectivity index is 0.000000720. The van der Waals surface area contributed by atoms with Gasteiger partial charge in [-0.25, -0.2) is 0 Å². The van der Waals surface area contributed by atoms with Gasteiger partial charge in [-0.2, -0.15) is 0 Å². The van der Waals surface area contributed by atoms with E-state index in [1.165, 1.54) is 10.8 Å². The van der Waals surface area contributed by atoms with Crippen LogP contribution in [0, 0.1) is 0 Å². The van der Waals surface area contributed by atoms with Crippen molar-refractivity contribution in [2.45, 2.75) is 0 Å². The maximum atomic E-state index is 4.22. The summed E-state index contributed by atoms with van der Waals surface area (Å²) in [4.78, 5) is 4.22. The predicted molar refractivity (Wildman–Crippen MR) is 47.1 cm³/mol. The van der Waals surface area contributed by atoms with Gasteiger partial charge in [0, 0.05) is 0 Å². The van der Waals surface area contributed by atoms with Crippen molar-refractivity contribution in [1.82, 2.24) is 4.98 Å². The number of hydrogen-bond acceptors (Lipinski definition) is 1. The molecule has 12 heavy (non-hydrogen) atoms. The fourth-order valence-electron chi connectivity index (χ4n) is 1.18. The van der Waals surface area contributed by atoms with Crippen molar-refractivity contribution >= 4 is 36.3 Å². The third-order valence-corrected chi connectivity index (χ3v) is 2.32. The molecule has 0 aliphatic rings. The first kappa shape index (κ1) is 9.96. The molecule has 0 atom stereocenters. The van der Waals surface area contributed by atoms with Crippen molar-refractivity contribution in [2.75, 3.05) is 0 Å². The van der Waals surface area contributed by atoms with Crippen molar-refractivity contribution in [3.05, 3.63) is 36.5 Å². The molecule has 1 aromatic heterocycles. The van der Waals surface area contributed by atoms with Gasteiger partial charge in [0.15, 0.2) is 0 Å². The second-order valence-electron chi connectivity index (χ2n) is 2.48. The van der Waals surface area contributed by atoms with Crippen LogP contribution in [0.1, 0.15) is 0 Å². The van der Waals surface area contributed by atoms with Crippen molar-refractivity contribution in [1.29, 1.82) is 0 Å². The molecule has 2 rings (SSSR count). The Morgan fingerprint density at radius 1 is 1.08 bits per heavy atom. The Bertz CT molecular complexity index is 384. The van der Waals surface area contributed by atoms with E-state index in [9.17, 15) is 0 Å². The van der Waals surface area contributed by atoms with E-state index in [0.29, 0.717) is 0 Å². The zero-order chi connectivity index (χ0) is 7.68. The van der Waals surface area contributed by atoms with Gasteiger partial charge in [0.25, 0.3) is 0 Å². The van der Waals surface area contributed by atoms with Crippen molar-refractivity contribution in [2.24, 2.45) is 0 Å². The van der Waals surface area contributed by atoms with E-state index in [0.717, 1.165) is 3.82 Å². The third-order valence-electron chi connectivity index (χ3n) is 1.76. The first-order valence-corrected chi connectivity index (χ1v) is 4.24. The second-order valence-corrected chi connectivity index (χ2v) is 3.15. The fourth-order valence-corrected chi connectivity index (χ4v) is 1.61. The number of halogens is 1. The Morgan fingerprint density at radius 3 is 2.58 bits per heavy atom. The number of nitrogens with zero attached hydrogens (tertiary/aromatic N) is 1. The zero-order valence-corrected chi connectivity index (χ0v) is 9.50. The van der Waals surface area contributed by atoms with E-state index in [1.54, 1.807) is 0 Å². The number of hydrogen-bond donors (Lipinski definition) is 0. The Kier molecular flexibility index (Phi) is 3.49. The maximum absolute atomic E-state index is 4.22. The molecule has 0 saturated heterocycles. The molecule has 0 aliphatic carbocycles. The van der Waals surface area contributed by atoms with Crippen LogP contribution in [-0.2, 0) is 0 Å². The predicted octanol–water partition coefficient (Wildman–Crippen LogP) is -1.97. The SMILES string of the molecule is [Br-].[Mg+][c]1nccc2ccccc12. The van der Waals surface area contributed by atoms with Crippen LogP contribution in [0.2, 0.25) is 0 Å². The molecule has 1 heterocycles. The van der Waals surface area contributed by atoms with Crippen LogP contribution in [-0.4, -0.2) is 26.7 Å². The molecule has 0 radical (unpaired) electrons. The molecule has 0 fully saturated rings. The summed E-state index contributed by atoms with van der Waals surface area (Å²) >= 11 is 1.83. The average molecular weight is 232 g/mol. The summed E-state index contributed by atoms with van der Waals surface area (Å²) in [6.45, 7) is 0. The van der Waals surface area contributed by atoms with Crippen LogP contribution in [0.5, 0.6) is 0 Å². The van der Waals surface area contributed by atoms with Gasteiger partial charge in [-0.3, -0.25) is 0 Å². The summed E-state index contributed by atoms with van der Waals surface area (Å²) in [5.41, 5.74) is 0. The van der Waals surface area contributed by atoms with E-state index in [1.807, 2.05) is 46.1 Å². The minimum absolute atomic E-state index is 0. The Morgan fingerprint density at radius 2 is 1.83 bits per heavy atom. The standard InChI is InChI=1S/C9H6N.BrH.Mg/c1-2-4-9-7-10-6-5-8(9)3-1;;/h1-6H;1H;/q;;+1/p-1. The number of rotatable bonds is 0. The number of aromatic nitrogens is 1. The van der Waals surface area contributed by atoms with Gasteiger partial charge in [-0.1, -0.05) is 0 Å². The normalized spacial score (nSPS) is 9.50. The molecule has 1 nitrogen and oxygen atoms in total. The molecule has 0 spiro atoms. The molecule has 0 unspecified atom stereocenters. The Hall–Kier alpha value is -0.124. The van der Waals surface area contributed by atoms with Gasteiger partial charge in [0.05, 0.1) is 0 Å². The van der Waals surface area contributed by atoms with Crippen LogP contribution in [0.4, 0.5) is 0 Å². The quantitative estimate of drug-likeness (QED) is 0.480. The monoisotopic (exact) mass is 231 g/mol. The van der Waals surface area contributed by atoms with Gasteiger partial charge in [-0.05, 0) is 0 Å².